The number of hydrogen-bond donors (Lipinski definition) is 3. The third-order valence-electron chi connectivity index (χ3n) is 3.10. The lowest BCUT2D eigenvalue weighted by Crippen LogP contribution is -2.19. The molecule has 0 fully saturated rings. The number of urea groups is 1. The molecule has 1 atom stereocenters. The molecule has 106 valence electrons. The molecule has 0 radical (unpaired) electrons. The second-order valence-corrected chi connectivity index (χ2v) is 4.63. The number of primary amides is 1. The van der Waals surface area contributed by atoms with Crippen LogP contribution in [0.2, 0.25) is 0 Å². The Morgan fingerprint density at radius 3 is 2.48 bits per heavy atom. The lowest BCUT2D eigenvalue weighted by Gasteiger charge is -2.17. The van der Waals surface area contributed by atoms with Gasteiger partial charge in [-0.05, 0) is 36.8 Å². The fraction of sp³-hybridized carbons (Fsp3) is 0.125. The van der Waals surface area contributed by atoms with Crippen molar-refractivity contribution in [3.8, 4) is 6.07 Å². The van der Waals surface area contributed by atoms with Gasteiger partial charge in [-0.25, -0.2) is 4.79 Å². The average molecular weight is 280 g/mol. The van der Waals surface area contributed by atoms with Gasteiger partial charge in [0.25, 0.3) is 0 Å². The third-order valence-corrected chi connectivity index (χ3v) is 3.10. The number of carbonyl (C=O) groups excluding carboxylic acids is 1. The molecule has 0 bridgehead atoms. The zero-order valence-electron chi connectivity index (χ0n) is 11.6. The Balaban J connectivity index is 2.11. The summed E-state index contributed by atoms with van der Waals surface area (Å²) in [5.41, 5.74) is 8.16. The molecule has 5 heteroatoms. The first-order valence-corrected chi connectivity index (χ1v) is 6.52. The second-order valence-electron chi connectivity index (χ2n) is 4.63. The number of para-hydroxylation sites is 1. The van der Waals surface area contributed by atoms with Gasteiger partial charge < -0.3 is 16.4 Å². The molecular weight excluding hydrogens is 264 g/mol. The molecule has 0 aliphatic heterocycles. The van der Waals surface area contributed by atoms with Crippen LogP contribution in [0.1, 0.15) is 24.1 Å². The highest BCUT2D eigenvalue weighted by atomic mass is 16.2. The molecule has 0 saturated carbocycles. The molecule has 0 heterocycles. The number of hydrogen-bond acceptors (Lipinski definition) is 3. The summed E-state index contributed by atoms with van der Waals surface area (Å²) in [5.74, 6) is 0. The van der Waals surface area contributed by atoms with Crippen LogP contribution < -0.4 is 16.4 Å². The molecule has 0 aromatic heterocycles. The summed E-state index contributed by atoms with van der Waals surface area (Å²) in [7, 11) is 0. The second kappa shape index (κ2) is 6.44. The van der Waals surface area contributed by atoms with Gasteiger partial charge in [0.15, 0.2) is 0 Å². The molecule has 2 rings (SSSR count). The van der Waals surface area contributed by atoms with Crippen molar-refractivity contribution in [2.45, 2.75) is 13.0 Å². The Kier molecular flexibility index (Phi) is 4.42. The molecule has 4 N–H and O–H groups in total. The van der Waals surface area contributed by atoms with Crippen molar-refractivity contribution < 1.29 is 4.79 Å². The van der Waals surface area contributed by atoms with Crippen molar-refractivity contribution in [3.63, 3.8) is 0 Å². The zero-order valence-corrected chi connectivity index (χ0v) is 11.6. The van der Waals surface area contributed by atoms with E-state index in [1.165, 1.54) is 0 Å². The van der Waals surface area contributed by atoms with Crippen molar-refractivity contribution in [1.82, 2.24) is 0 Å². The lowest BCUT2D eigenvalue weighted by molar-refractivity contribution is 0.259. The Bertz CT molecular complexity index is 673. The van der Waals surface area contributed by atoms with Gasteiger partial charge >= 0.3 is 6.03 Å². The van der Waals surface area contributed by atoms with E-state index in [1.54, 1.807) is 18.2 Å². The molecule has 0 saturated heterocycles. The number of rotatable bonds is 4. The van der Waals surface area contributed by atoms with E-state index in [4.69, 9.17) is 11.0 Å². The third kappa shape index (κ3) is 3.74. The van der Waals surface area contributed by atoms with Crippen LogP contribution in [0.25, 0.3) is 0 Å². The molecule has 21 heavy (non-hydrogen) atoms. The molecule has 2 amide bonds. The first kappa shape index (κ1) is 14.4. The number of anilines is 2. The lowest BCUT2D eigenvalue weighted by atomic mass is 10.1. The first-order chi connectivity index (χ1) is 10.1. The van der Waals surface area contributed by atoms with Gasteiger partial charge in [0, 0.05) is 11.7 Å². The summed E-state index contributed by atoms with van der Waals surface area (Å²) in [6.07, 6.45) is 0. The predicted octanol–water partition coefficient (Wildman–Crippen LogP) is 3.22. The van der Waals surface area contributed by atoms with Gasteiger partial charge in [-0.2, -0.15) is 5.26 Å². The Morgan fingerprint density at radius 1 is 1.19 bits per heavy atom. The molecule has 2 aromatic carbocycles. The van der Waals surface area contributed by atoms with Gasteiger partial charge in [-0.3, -0.25) is 0 Å². The maximum atomic E-state index is 10.8. The summed E-state index contributed by atoms with van der Waals surface area (Å²) in [4.78, 5) is 10.8. The van der Waals surface area contributed by atoms with E-state index in [0.29, 0.717) is 11.3 Å². The summed E-state index contributed by atoms with van der Waals surface area (Å²) in [5, 5.41) is 14.9. The van der Waals surface area contributed by atoms with Crippen molar-refractivity contribution in [1.29, 1.82) is 5.26 Å². The summed E-state index contributed by atoms with van der Waals surface area (Å²) >= 11 is 0. The zero-order chi connectivity index (χ0) is 15.2. The first-order valence-electron chi connectivity index (χ1n) is 6.52. The Labute approximate surface area is 123 Å². The van der Waals surface area contributed by atoms with Crippen molar-refractivity contribution in [3.05, 3.63) is 59.7 Å². The molecule has 2 aromatic rings. The fourth-order valence-corrected chi connectivity index (χ4v) is 2.02. The maximum Gasteiger partial charge on any atom is 0.316 e. The van der Waals surface area contributed by atoms with Crippen LogP contribution in [0.4, 0.5) is 16.2 Å². The highest BCUT2D eigenvalue weighted by Gasteiger charge is 2.08. The molecule has 1 unspecified atom stereocenters. The molecule has 5 nitrogen and oxygen atoms in total. The van der Waals surface area contributed by atoms with Gasteiger partial charge in [0.2, 0.25) is 0 Å². The highest BCUT2D eigenvalue weighted by molar-refractivity contribution is 5.87. The van der Waals surface area contributed by atoms with Gasteiger partial charge in [0.05, 0.1) is 11.3 Å². The van der Waals surface area contributed by atoms with Crippen molar-refractivity contribution in [2.24, 2.45) is 5.73 Å². The van der Waals surface area contributed by atoms with Gasteiger partial charge in [0.1, 0.15) is 6.07 Å². The largest absolute Gasteiger partial charge is 0.377 e. The van der Waals surface area contributed by atoms with E-state index in [9.17, 15) is 4.79 Å². The number of nitrogens with one attached hydrogen (secondary N) is 2. The van der Waals surface area contributed by atoms with Crippen LogP contribution in [0, 0.1) is 11.3 Å². The predicted molar refractivity (Wildman–Crippen MR) is 82.8 cm³/mol. The monoisotopic (exact) mass is 280 g/mol. The summed E-state index contributed by atoms with van der Waals surface area (Å²) in [6, 6.07) is 16.3. The number of nitrogens with zero attached hydrogens (tertiary/aromatic N) is 1. The number of nitrogens with two attached hydrogens (primary N) is 1. The topological polar surface area (TPSA) is 90.9 Å². The molecule has 0 aliphatic rings. The minimum absolute atomic E-state index is 0.0297. The molecule has 0 spiro atoms. The minimum atomic E-state index is -0.586. The summed E-state index contributed by atoms with van der Waals surface area (Å²) < 4.78 is 0. The Hall–Kier alpha value is -3.00. The quantitative estimate of drug-likeness (QED) is 0.803. The standard InChI is InChI=1S/C16H16N4O/c1-11(19-15-5-3-2-4-13(15)10-17)12-6-8-14(9-7-12)20-16(18)21/h2-9,11,19H,1H3,(H3,18,20,21). The number of benzene rings is 2. The van der Waals surface area contributed by atoms with E-state index < -0.39 is 6.03 Å². The van der Waals surface area contributed by atoms with Gasteiger partial charge in [-0.1, -0.05) is 24.3 Å². The fourth-order valence-electron chi connectivity index (χ4n) is 2.02. The SMILES string of the molecule is CC(Nc1ccccc1C#N)c1ccc(NC(N)=O)cc1. The molecular formula is C16H16N4O. The van der Waals surface area contributed by atoms with Crippen LogP contribution >= 0.6 is 0 Å². The van der Waals surface area contributed by atoms with Gasteiger partial charge in [-0.15, -0.1) is 0 Å². The maximum absolute atomic E-state index is 10.8. The Morgan fingerprint density at radius 2 is 1.86 bits per heavy atom. The highest BCUT2D eigenvalue weighted by Crippen LogP contribution is 2.23. The van der Waals surface area contributed by atoms with Crippen LogP contribution in [-0.2, 0) is 0 Å². The normalized spacial score (nSPS) is 11.2. The number of amides is 2. The smallest absolute Gasteiger partial charge is 0.316 e. The van der Waals surface area contributed by atoms with E-state index in [1.807, 2.05) is 37.3 Å². The van der Waals surface area contributed by atoms with Crippen molar-refractivity contribution in [2.75, 3.05) is 10.6 Å². The molecule has 0 aliphatic carbocycles. The minimum Gasteiger partial charge on any atom is -0.377 e. The van der Waals surface area contributed by atoms with E-state index >= 15 is 0 Å². The average Bonchev–Trinajstić information content (AvgIpc) is 2.48. The number of carbonyl (C=O) groups is 1. The van der Waals surface area contributed by atoms with Crippen LogP contribution in [0.5, 0.6) is 0 Å². The van der Waals surface area contributed by atoms with E-state index in [2.05, 4.69) is 16.7 Å². The van der Waals surface area contributed by atoms with Crippen LogP contribution in [0.15, 0.2) is 48.5 Å². The summed E-state index contributed by atoms with van der Waals surface area (Å²) in [6.45, 7) is 2.00. The van der Waals surface area contributed by atoms with E-state index in [0.717, 1.165) is 11.3 Å². The van der Waals surface area contributed by atoms with Crippen molar-refractivity contribution >= 4 is 17.4 Å². The van der Waals surface area contributed by atoms with Crippen LogP contribution in [-0.4, -0.2) is 6.03 Å². The number of nitriles is 1. The van der Waals surface area contributed by atoms with Crippen LogP contribution in [0.3, 0.4) is 0 Å². The van der Waals surface area contributed by atoms with E-state index in [-0.39, 0.29) is 6.04 Å².